The van der Waals surface area contributed by atoms with E-state index in [1.807, 2.05) is 11.7 Å². The van der Waals surface area contributed by atoms with Gasteiger partial charge >= 0.3 is 0 Å². The van der Waals surface area contributed by atoms with Crippen LogP contribution in [0.5, 0.6) is 0 Å². The third-order valence-corrected chi connectivity index (χ3v) is 3.45. The molecule has 0 fully saturated rings. The highest BCUT2D eigenvalue weighted by molar-refractivity contribution is 7.13. The van der Waals surface area contributed by atoms with Gasteiger partial charge in [-0.15, -0.1) is 10.2 Å². The summed E-state index contributed by atoms with van der Waals surface area (Å²) in [5, 5.41) is 16.5. The van der Waals surface area contributed by atoms with E-state index in [1.54, 1.807) is 5.51 Å². The first kappa shape index (κ1) is 12.0. The van der Waals surface area contributed by atoms with Crippen molar-refractivity contribution in [2.75, 3.05) is 5.32 Å². The topological polar surface area (TPSA) is 55.6 Å². The van der Waals surface area contributed by atoms with Gasteiger partial charge in [-0.25, -0.2) is 0 Å². The molecule has 0 aliphatic rings. The summed E-state index contributed by atoms with van der Waals surface area (Å²) in [6, 6.07) is 0. The average molecular weight is 251 g/mol. The maximum Gasteiger partial charge on any atom is 0.205 e. The van der Waals surface area contributed by atoms with Crippen molar-refractivity contribution in [2.45, 2.75) is 33.2 Å². The molecule has 0 spiro atoms. The largest absolute Gasteiger partial charge is 0.356 e. The summed E-state index contributed by atoms with van der Waals surface area (Å²) in [6.45, 7) is 5.07. The van der Waals surface area contributed by atoms with Gasteiger partial charge in [0.25, 0.3) is 0 Å². The zero-order valence-corrected chi connectivity index (χ0v) is 11.2. The third-order valence-electron chi connectivity index (χ3n) is 2.80. The van der Waals surface area contributed by atoms with E-state index in [4.69, 9.17) is 0 Å². The van der Waals surface area contributed by atoms with Gasteiger partial charge in [0.05, 0.1) is 5.69 Å². The molecule has 92 valence electrons. The summed E-state index contributed by atoms with van der Waals surface area (Å²) in [5.74, 6) is 0. The number of aromatic nitrogens is 4. The van der Waals surface area contributed by atoms with Crippen LogP contribution in [0.15, 0.2) is 5.51 Å². The summed E-state index contributed by atoms with van der Waals surface area (Å²) >= 11 is 1.52. The van der Waals surface area contributed by atoms with Crippen LogP contribution < -0.4 is 5.32 Å². The van der Waals surface area contributed by atoms with Gasteiger partial charge in [-0.05, 0) is 12.8 Å². The van der Waals surface area contributed by atoms with Crippen LogP contribution in [-0.4, -0.2) is 20.0 Å². The van der Waals surface area contributed by atoms with Crippen LogP contribution in [-0.2, 0) is 26.4 Å². The van der Waals surface area contributed by atoms with Crippen molar-refractivity contribution >= 4 is 16.5 Å². The normalized spacial score (nSPS) is 10.8. The van der Waals surface area contributed by atoms with Crippen LogP contribution >= 0.6 is 11.3 Å². The van der Waals surface area contributed by atoms with Crippen molar-refractivity contribution in [1.82, 2.24) is 20.0 Å². The second kappa shape index (κ2) is 5.27. The first-order valence-electron chi connectivity index (χ1n) is 5.79. The zero-order chi connectivity index (χ0) is 12.3. The van der Waals surface area contributed by atoms with Crippen molar-refractivity contribution in [3.63, 3.8) is 0 Å². The molecule has 0 aromatic carbocycles. The predicted molar refractivity (Wildman–Crippen MR) is 69.2 cm³/mol. The lowest BCUT2D eigenvalue weighted by Crippen LogP contribution is -2.04. The fraction of sp³-hybridized carbons (Fsp3) is 0.545. The minimum absolute atomic E-state index is 0.773. The lowest BCUT2D eigenvalue weighted by molar-refractivity contribution is 0.703. The van der Waals surface area contributed by atoms with Gasteiger partial charge in [0.15, 0.2) is 0 Å². The molecule has 0 saturated carbocycles. The van der Waals surface area contributed by atoms with Crippen molar-refractivity contribution in [3.8, 4) is 0 Å². The molecular weight excluding hydrogens is 234 g/mol. The Morgan fingerprint density at radius 1 is 1.35 bits per heavy atom. The quantitative estimate of drug-likeness (QED) is 0.883. The summed E-state index contributed by atoms with van der Waals surface area (Å²) in [6.07, 6.45) is 1.96. The highest BCUT2D eigenvalue weighted by Gasteiger charge is 2.13. The molecule has 0 aliphatic heterocycles. The molecule has 5 nitrogen and oxygen atoms in total. The molecular formula is C11H17N5S. The van der Waals surface area contributed by atoms with E-state index in [1.165, 1.54) is 28.3 Å². The SMILES string of the molecule is CCc1nn(C)c(CC)c1CNc1nncs1. The molecule has 6 heteroatoms. The Bertz CT molecular complexity index is 474. The zero-order valence-electron chi connectivity index (χ0n) is 10.4. The van der Waals surface area contributed by atoms with Gasteiger partial charge in [-0.1, -0.05) is 25.2 Å². The van der Waals surface area contributed by atoms with E-state index in [0.29, 0.717) is 0 Å². The Morgan fingerprint density at radius 3 is 2.76 bits per heavy atom. The van der Waals surface area contributed by atoms with Crippen molar-refractivity contribution in [2.24, 2.45) is 7.05 Å². The summed E-state index contributed by atoms with van der Waals surface area (Å²) in [5.41, 5.74) is 5.49. The number of hydrogen-bond acceptors (Lipinski definition) is 5. The maximum absolute atomic E-state index is 4.54. The molecule has 0 unspecified atom stereocenters. The highest BCUT2D eigenvalue weighted by Crippen LogP contribution is 2.18. The summed E-state index contributed by atoms with van der Waals surface area (Å²) < 4.78 is 1.98. The molecule has 17 heavy (non-hydrogen) atoms. The molecule has 0 bridgehead atoms. The summed E-state index contributed by atoms with van der Waals surface area (Å²) in [7, 11) is 2.01. The van der Waals surface area contributed by atoms with Crippen LogP contribution in [0.4, 0.5) is 5.13 Å². The molecule has 0 aliphatic carbocycles. The highest BCUT2D eigenvalue weighted by atomic mass is 32.1. The van der Waals surface area contributed by atoms with Crippen molar-refractivity contribution < 1.29 is 0 Å². The minimum atomic E-state index is 0.773. The average Bonchev–Trinajstić information content (AvgIpc) is 2.93. The van der Waals surface area contributed by atoms with Gasteiger partial charge in [0.2, 0.25) is 5.13 Å². The number of rotatable bonds is 5. The van der Waals surface area contributed by atoms with Crippen molar-refractivity contribution in [1.29, 1.82) is 0 Å². The number of nitrogens with zero attached hydrogens (tertiary/aromatic N) is 4. The Labute approximate surface area is 105 Å². The van der Waals surface area contributed by atoms with E-state index < -0.39 is 0 Å². The van der Waals surface area contributed by atoms with E-state index in [0.717, 1.165) is 24.5 Å². The lowest BCUT2D eigenvalue weighted by Gasteiger charge is -2.05. The molecule has 0 amide bonds. The van der Waals surface area contributed by atoms with E-state index in [2.05, 4.69) is 34.5 Å². The number of anilines is 1. The number of hydrogen-bond donors (Lipinski definition) is 1. The van der Waals surface area contributed by atoms with Crippen LogP contribution in [0.1, 0.15) is 30.8 Å². The predicted octanol–water partition coefficient (Wildman–Crippen LogP) is 2.01. The van der Waals surface area contributed by atoms with Crippen LogP contribution in [0.2, 0.25) is 0 Å². The second-order valence-electron chi connectivity index (χ2n) is 3.80. The van der Waals surface area contributed by atoms with Crippen LogP contribution in [0, 0.1) is 0 Å². The standard InChI is InChI=1S/C11H17N5S/c1-4-9-8(10(5-2)16(3)15-9)6-12-11-14-13-7-17-11/h7H,4-6H2,1-3H3,(H,12,14). The number of aryl methyl sites for hydroxylation is 2. The van der Waals surface area contributed by atoms with Crippen molar-refractivity contribution in [3.05, 3.63) is 22.5 Å². The van der Waals surface area contributed by atoms with E-state index >= 15 is 0 Å². The van der Waals surface area contributed by atoms with E-state index in [-0.39, 0.29) is 0 Å². The Hall–Kier alpha value is -1.43. The molecule has 2 aromatic rings. The number of nitrogens with one attached hydrogen (secondary N) is 1. The molecule has 2 aromatic heterocycles. The first-order valence-corrected chi connectivity index (χ1v) is 6.67. The second-order valence-corrected chi connectivity index (χ2v) is 4.63. The smallest absolute Gasteiger partial charge is 0.205 e. The molecule has 0 radical (unpaired) electrons. The maximum atomic E-state index is 4.54. The molecule has 1 N–H and O–H groups in total. The van der Waals surface area contributed by atoms with Gasteiger partial charge in [0.1, 0.15) is 5.51 Å². The fourth-order valence-electron chi connectivity index (χ4n) is 2.01. The van der Waals surface area contributed by atoms with E-state index in [9.17, 15) is 0 Å². The van der Waals surface area contributed by atoms with Gasteiger partial charge in [-0.2, -0.15) is 5.10 Å². The van der Waals surface area contributed by atoms with Gasteiger partial charge in [-0.3, -0.25) is 4.68 Å². The monoisotopic (exact) mass is 251 g/mol. The molecule has 2 heterocycles. The first-order chi connectivity index (χ1) is 8.26. The van der Waals surface area contributed by atoms with Gasteiger partial charge in [0, 0.05) is 24.8 Å². The van der Waals surface area contributed by atoms with Crippen LogP contribution in [0.3, 0.4) is 0 Å². The lowest BCUT2D eigenvalue weighted by atomic mass is 10.1. The Balaban J connectivity index is 2.18. The third kappa shape index (κ3) is 2.46. The van der Waals surface area contributed by atoms with Crippen LogP contribution in [0.25, 0.3) is 0 Å². The molecule has 0 saturated heterocycles. The fourth-order valence-corrected chi connectivity index (χ4v) is 2.45. The minimum Gasteiger partial charge on any atom is -0.356 e. The molecule has 0 atom stereocenters. The molecule has 2 rings (SSSR count). The Morgan fingerprint density at radius 2 is 2.18 bits per heavy atom. The Kier molecular flexibility index (Phi) is 3.73. The summed E-state index contributed by atoms with van der Waals surface area (Å²) in [4.78, 5) is 0. The van der Waals surface area contributed by atoms with Gasteiger partial charge < -0.3 is 5.32 Å².